The minimum atomic E-state index is 0.138. The maximum Gasteiger partial charge on any atom is 0.228 e. The van der Waals surface area contributed by atoms with Crippen LogP contribution in [-0.4, -0.2) is 43.2 Å². The van der Waals surface area contributed by atoms with Crippen LogP contribution in [0.15, 0.2) is 54.9 Å². The lowest BCUT2D eigenvalue weighted by Gasteiger charge is -2.31. The minimum absolute atomic E-state index is 0.138. The summed E-state index contributed by atoms with van der Waals surface area (Å²) in [5.41, 5.74) is 3.73. The lowest BCUT2D eigenvalue weighted by Crippen LogP contribution is -2.40. The van der Waals surface area contributed by atoms with Gasteiger partial charge in [-0.05, 0) is 37.1 Å². The van der Waals surface area contributed by atoms with Gasteiger partial charge in [-0.25, -0.2) is 9.97 Å². The minimum Gasteiger partial charge on any atom is -0.342 e. The van der Waals surface area contributed by atoms with E-state index < -0.39 is 0 Å². The van der Waals surface area contributed by atoms with Gasteiger partial charge in [-0.2, -0.15) is 0 Å². The van der Waals surface area contributed by atoms with Gasteiger partial charge in [-0.15, -0.1) is 0 Å². The van der Waals surface area contributed by atoms with Crippen molar-refractivity contribution in [3.8, 4) is 0 Å². The summed E-state index contributed by atoms with van der Waals surface area (Å²) in [6.07, 6.45) is 6.29. The van der Waals surface area contributed by atoms with E-state index in [-0.39, 0.29) is 11.8 Å². The molecule has 27 heavy (non-hydrogen) atoms. The summed E-state index contributed by atoms with van der Waals surface area (Å²) in [7, 11) is 0. The monoisotopic (exact) mass is 359 g/mol. The molecule has 136 valence electrons. The third kappa shape index (κ3) is 3.07. The number of aromatic amines is 1. The number of likely N-dealkylation sites (tertiary alicyclic amines) is 1. The highest BCUT2D eigenvalue weighted by molar-refractivity contribution is 5.79. The van der Waals surface area contributed by atoms with Gasteiger partial charge in [0.1, 0.15) is 11.5 Å². The van der Waals surface area contributed by atoms with Crippen molar-refractivity contribution in [1.29, 1.82) is 0 Å². The second-order valence-corrected chi connectivity index (χ2v) is 7.19. The Morgan fingerprint density at radius 3 is 2.93 bits per heavy atom. The Hall–Kier alpha value is -3.15. The number of rotatable bonds is 3. The average Bonchev–Trinajstić information content (AvgIpc) is 3.31. The normalized spacial score (nSPS) is 17.6. The topological polar surface area (TPSA) is 66.3 Å². The lowest BCUT2D eigenvalue weighted by atomic mass is 9.97. The molecule has 1 aliphatic rings. The van der Waals surface area contributed by atoms with Crippen LogP contribution in [0.4, 0.5) is 0 Å². The van der Waals surface area contributed by atoms with Crippen LogP contribution in [0, 0.1) is 0 Å². The van der Waals surface area contributed by atoms with Gasteiger partial charge in [0.15, 0.2) is 0 Å². The molecule has 6 heteroatoms. The van der Waals surface area contributed by atoms with Crippen molar-refractivity contribution in [3.63, 3.8) is 0 Å². The molecule has 5 rings (SSSR count). The number of benzene rings is 1. The highest BCUT2D eigenvalue weighted by Crippen LogP contribution is 2.27. The van der Waals surface area contributed by atoms with E-state index in [1.54, 1.807) is 0 Å². The Morgan fingerprint density at radius 2 is 2.04 bits per heavy atom. The molecule has 1 fully saturated rings. The van der Waals surface area contributed by atoms with Crippen molar-refractivity contribution in [2.45, 2.75) is 25.2 Å². The van der Waals surface area contributed by atoms with Crippen LogP contribution in [0.5, 0.6) is 0 Å². The standard InChI is InChI=1S/C21H21N5O/c27-20(12-16-14-25-10-4-3-9-19(25)22-16)26-11-5-6-15(13-26)21-23-17-7-1-2-8-18(17)24-21/h1-4,7-10,14-15H,5-6,11-13H2,(H,23,24). The van der Waals surface area contributed by atoms with Gasteiger partial charge in [-0.1, -0.05) is 18.2 Å². The molecular weight excluding hydrogens is 338 g/mol. The number of piperidine rings is 1. The van der Waals surface area contributed by atoms with Crippen molar-refractivity contribution in [2.75, 3.05) is 13.1 Å². The first-order valence-electron chi connectivity index (χ1n) is 9.41. The molecule has 1 saturated heterocycles. The maximum absolute atomic E-state index is 12.8. The van der Waals surface area contributed by atoms with Crippen molar-refractivity contribution in [2.24, 2.45) is 0 Å². The zero-order valence-corrected chi connectivity index (χ0v) is 15.0. The number of pyridine rings is 1. The van der Waals surface area contributed by atoms with Crippen LogP contribution < -0.4 is 0 Å². The zero-order valence-electron chi connectivity index (χ0n) is 15.0. The second kappa shape index (κ2) is 6.54. The molecule has 1 atom stereocenters. The molecule has 3 aromatic heterocycles. The summed E-state index contributed by atoms with van der Waals surface area (Å²) < 4.78 is 1.95. The quantitative estimate of drug-likeness (QED) is 0.611. The fraction of sp³-hybridized carbons (Fsp3) is 0.286. The second-order valence-electron chi connectivity index (χ2n) is 7.19. The summed E-state index contributed by atoms with van der Waals surface area (Å²) in [6.45, 7) is 1.52. The van der Waals surface area contributed by atoms with Gasteiger partial charge in [-0.3, -0.25) is 4.79 Å². The molecule has 0 radical (unpaired) electrons. The molecule has 4 aromatic rings. The van der Waals surface area contributed by atoms with Crippen LogP contribution in [-0.2, 0) is 11.2 Å². The Balaban J connectivity index is 1.31. The number of para-hydroxylation sites is 2. The van der Waals surface area contributed by atoms with Gasteiger partial charge in [0.05, 0.1) is 23.1 Å². The summed E-state index contributed by atoms with van der Waals surface area (Å²) in [5.74, 6) is 1.39. The first kappa shape index (κ1) is 16.1. The maximum atomic E-state index is 12.8. The molecule has 1 amide bonds. The Bertz CT molecular complexity index is 1050. The highest BCUT2D eigenvalue weighted by Gasteiger charge is 2.27. The van der Waals surface area contributed by atoms with Crippen LogP contribution in [0.2, 0.25) is 0 Å². The average molecular weight is 359 g/mol. The van der Waals surface area contributed by atoms with E-state index in [0.29, 0.717) is 13.0 Å². The number of nitrogens with one attached hydrogen (secondary N) is 1. The number of carbonyl (C=O) groups excluding carboxylic acids is 1. The van der Waals surface area contributed by atoms with Crippen molar-refractivity contribution < 1.29 is 4.79 Å². The van der Waals surface area contributed by atoms with Crippen LogP contribution in [0.25, 0.3) is 16.7 Å². The molecular formula is C21H21N5O. The van der Waals surface area contributed by atoms with E-state index in [4.69, 9.17) is 4.98 Å². The third-order valence-electron chi connectivity index (χ3n) is 5.31. The van der Waals surface area contributed by atoms with E-state index in [1.807, 2.05) is 64.2 Å². The molecule has 4 heterocycles. The first-order valence-corrected chi connectivity index (χ1v) is 9.41. The van der Waals surface area contributed by atoms with Gasteiger partial charge in [0.2, 0.25) is 5.91 Å². The van der Waals surface area contributed by atoms with Gasteiger partial charge in [0, 0.05) is 31.4 Å². The SMILES string of the molecule is O=C(Cc1cn2ccccc2n1)N1CCCC(c2nc3ccccc3[nH]2)C1. The number of amides is 1. The Kier molecular flexibility index (Phi) is 3.89. The first-order chi connectivity index (χ1) is 13.3. The fourth-order valence-electron chi connectivity index (χ4n) is 3.93. The van der Waals surface area contributed by atoms with Crippen molar-refractivity contribution in [1.82, 2.24) is 24.3 Å². The predicted octanol–water partition coefficient (Wildman–Crippen LogP) is 3.16. The van der Waals surface area contributed by atoms with E-state index >= 15 is 0 Å². The Labute approximate surface area is 156 Å². The van der Waals surface area contributed by atoms with E-state index in [0.717, 1.165) is 47.6 Å². The summed E-state index contributed by atoms with van der Waals surface area (Å²) in [5, 5.41) is 0. The number of fused-ring (bicyclic) bond motifs is 2. The smallest absolute Gasteiger partial charge is 0.228 e. The van der Waals surface area contributed by atoms with Crippen molar-refractivity contribution in [3.05, 3.63) is 66.4 Å². The molecule has 6 nitrogen and oxygen atoms in total. The highest BCUT2D eigenvalue weighted by atomic mass is 16.2. The van der Waals surface area contributed by atoms with Crippen LogP contribution in [0.3, 0.4) is 0 Å². The van der Waals surface area contributed by atoms with Gasteiger partial charge < -0.3 is 14.3 Å². The summed E-state index contributed by atoms with van der Waals surface area (Å²) in [4.78, 5) is 27.5. The summed E-state index contributed by atoms with van der Waals surface area (Å²) in [6, 6.07) is 13.9. The fourth-order valence-corrected chi connectivity index (χ4v) is 3.93. The largest absolute Gasteiger partial charge is 0.342 e. The Morgan fingerprint density at radius 1 is 1.15 bits per heavy atom. The molecule has 1 aromatic carbocycles. The zero-order chi connectivity index (χ0) is 18.2. The van der Waals surface area contributed by atoms with E-state index in [1.165, 1.54) is 0 Å². The van der Waals surface area contributed by atoms with Crippen molar-refractivity contribution >= 4 is 22.6 Å². The number of hydrogen-bond donors (Lipinski definition) is 1. The number of nitrogens with zero attached hydrogens (tertiary/aromatic N) is 4. The number of hydrogen-bond acceptors (Lipinski definition) is 3. The predicted molar refractivity (Wildman–Crippen MR) is 104 cm³/mol. The third-order valence-corrected chi connectivity index (χ3v) is 5.31. The molecule has 0 bridgehead atoms. The van der Waals surface area contributed by atoms with Crippen LogP contribution in [0.1, 0.15) is 30.3 Å². The molecule has 1 unspecified atom stereocenters. The lowest BCUT2D eigenvalue weighted by molar-refractivity contribution is -0.131. The molecule has 0 spiro atoms. The number of imidazole rings is 2. The number of H-pyrrole nitrogens is 1. The number of aromatic nitrogens is 4. The molecule has 0 saturated carbocycles. The molecule has 1 N–H and O–H groups in total. The van der Waals surface area contributed by atoms with E-state index in [9.17, 15) is 4.79 Å². The van der Waals surface area contributed by atoms with Gasteiger partial charge in [0.25, 0.3) is 0 Å². The van der Waals surface area contributed by atoms with Crippen LogP contribution >= 0.6 is 0 Å². The molecule has 0 aliphatic carbocycles. The van der Waals surface area contributed by atoms with E-state index in [2.05, 4.69) is 9.97 Å². The van der Waals surface area contributed by atoms with Gasteiger partial charge >= 0.3 is 0 Å². The summed E-state index contributed by atoms with van der Waals surface area (Å²) >= 11 is 0. The molecule has 1 aliphatic heterocycles. The number of carbonyl (C=O) groups is 1.